The molecule has 0 unspecified atom stereocenters. The van der Waals surface area contributed by atoms with Crippen LogP contribution in [-0.2, 0) is 6.18 Å². The van der Waals surface area contributed by atoms with Gasteiger partial charge in [0.1, 0.15) is 5.82 Å². The molecule has 1 fully saturated rings. The first-order chi connectivity index (χ1) is 10.9. The Balaban J connectivity index is 1.75. The van der Waals surface area contributed by atoms with Crippen molar-refractivity contribution in [2.24, 2.45) is 0 Å². The lowest BCUT2D eigenvalue weighted by Crippen LogP contribution is -2.43. The highest BCUT2D eigenvalue weighted by molar-refractivity contribution is 5.39. The van der Waals surface area contributed by atoms with Crippen LogP contribution in [0.4, 0.5) is 19.0 Å². The molecule has 1 saturated heterocycles. The highest BCUT2D eigenvalue weighted by Gasteiger charge is 2.36. The van der Waals surface area contributed by atoms with Gasteiger partial charge in [0.2, 0.25) is 5.82 Å². The van der Waals surface area contributed by atoms with Crippen LogP contribution in [-0.4, -0.2) is 34.3 Å². The Morgan fingerprint density at radius 1 is 1.13 bits per heavy atom. The summed E-state index contributed by atoms with van der Waals surface area (Å²) >= 11 is 0. The molecule has 2 heterocycles. The summed E-state index contributed by atoms with van der Waals surface area (Å²) in [5.41, 5.74) is 1.04. The Labute approximate surface area is 131 Å². The van der Waals surface area contributed by atoms with Gasteiger partial charge >= 0.3 is 6.18 Å². The third-order valence-corrected chi connectivity index (χ3v) is 4.03. The molecule has 1 aromatic carbocycles. The number of hydrogen-bond donors (Lipinski definition) is 1. The summed E-state index contributed by atoms with van der Waals surface area (Å²) in [4.78, 5) is 8.51. The van der Waals surface area contributed by atoms with E-state index in [1.165, 1.54) is 6.07 Å². The maximum absolute atomic E-state index is 12.7. The number of β-amino-alcohol motifs (C(OH)–C–C–N with tert-alkyl or cyclic N) is 1. The highest BCUT2D eigenvalue weighted by Crippen LogP contribution is 2.31. The molecule has 0 spiro atoms. The summed E-state index contributed by atoms with van der Waals surface area (Å²) in [6, 6.07) is 11.1. The fourth-order valence-electron chi connectivity index (χ4n) is 2.89. The molecule has 1 aromatic heterocycles. The van der Waals surface area contributed by atoms with Gasteiger partial charge in [-0.15, -0.1) is 0 Å². The summed E-state index contributed by atoms with van der Waals surface area (Å²) in [6.45, 7) is 0.777. The van der Waals surface area contributed by atoms with E-state index in [0.29, 0.717) is 13.0 Å². The first-order valence-corrected chi connectivity index (χ1v) is 7.33. The van der Waals surface area contributed by atoms with E-state index in [1.54, 1.807) is 4.90 Å². The summed E-state index contributed by atoms with van der Waals surface area (Å²) in [5, 5.41) is 10.4. The van der Waals surface area contributed by atoms with Gasteiger partial charge in [0.15, 0.2) is 0 Å². The van der Waals surface area contributed by atoms with Crippen LogP contribution < -0.4 is 4.90 Å². The fraction of sp³-hybridized carbons (Fsp3) is 0.375. The lowest BCUT2D eigenvalue weighted by molar-refractivity contribution is -0.144. The van der Waals surface area contributed by atoms with Gasteiger partial charge < -0.3 is 10.0 Å². The van der Waals surface area contributed by atoms with E-state index in [9.17, 15) is 18.3 Å². The van der Waals surface area contributed by atoms with Gasteiger partial charge in [0, 0.05) is 25.2 Å². The zero-order chi connectivity index (χ0) is 16.4. The minimum Gasteiger partial charge on any atom is -0.391 e. The molecule has 1 aliphatic rings. The van der Waals surface area contributed by atoms with E-state index < -0.39 is 18.1 Å². The van der Waals surface area contributed by atoms with Gasteiger partial charge in [-0.25, -0.2) is 9.97 Å². The zero-order valence-electron chi connectivity index (χ0n) is 12.2. The Hall–Kier alpha value is -2.15. The number of piperidine rings is 1. The monoisotopic (exact) mass is 323 g/mol. The first kappa shape index (κ1) is 15.7. The van der Waals surface area contributed by atoms with E-state index in [4.69, 9.17) is 0 Å². The van der Waals surface area contributed by atoms with E-state index in [2.05, 4.69) is 9.97 Å². The minimum absolute atomic E-state index is 0.0172. The van der Waals surface area contributed by atoms with Crippen LogP contribution in [0.5, 0.6) is 0 Å². The topological polar surface area (TPSA) is 49.2 Å². The van der Waals surface area contributed by atoms with Crippen LogP contribution in [0.15, 0.2) is 42.6 Å². The van der Waals surface area contributed by atoms with Crippen molar-refractivity contribution >= 4 is 5.82 Å². The van der Waals surface area contributed by atoms with Crippen molar-refractivity contribution < 1.29 is 18.3 Å². The van der Waals surface area contributed by atoms with E-state index in [1.807, 2.05) is 30.3 Å². The van der Waals surface area contributed by atoms with Crippen molar-refractivity contribution in [3.05, 3.63) is 54.0 Å². The number of halogens is 3. The van der Waals surface area contributed by atoms with Crippen LogP contribution in [0.3, 0.4) is 0 Å². The molecule has 2 atom stereocenters. The largest absolute Gasteiger partial charge is 0.451 e. The van der Waals surface area contributed by atoms with E-state index >= 15 is 0 Å². The smallest absolute Gasteiger partial charge is 0.391 e. The normalized spacial score (nSPS) is 22.2. The van der Waals surface area contributed by atoms with Gasteiger partial charge in [-0.1, -0.05) is 30.3 Å². The highest BCUT2D eigenvalue weighted by atomic mass is 19.4. The molecule has 1 aliphatic heterocycles. The number of aliphatic hydroxyl groups excluding tert-OH is 1. The van der Waals surface area contributed by atoms with Gasteiger partial charge in [-0.2, -0.15) is 13.2 Å². The number of rotatable bonds is 2. The van der Waals surface area contributed by atoms with Crippen molar-refractivity contribution in [3.63, 3.8) is 0 Å². The average molecular weight is 323 g/mol. The molecule has 0 amide bonds. The second kappa shape index (κ2) is 6.16. The molecule has 2 aromatic rings. The Kier molecular flexibility index (Phi) is 4.21. The molecule has 4 nitrogen and oxygen atoms in total. The summed E-state index contributed by atoms with van der Waals surface area (Å²) in [7, 11) is 0. The van der Waals surface area contributed by atoms with Gasteiger partial charge in [0.05, 0.1) is 6.10 Å². The quantitative estimate of drug-likeness (QED) is 0.923. The van der Waals surface area contributed by atoms with Gasteiger partial charge in [-0.3, -0.25) is 0 Å². The molecule has 23 heavy (non-hydrogen) atoms. The minimum atomic E-state index is -4.57. The first-order valence-electron chi connectivity index (χ1n) is 7.33. The molecule has 7 heteroatoms. The Bertz CT molecular complexity index is 663. The number of alkyl halides is 3. The van der Waals surface area contributed by atoms with Crippen molar-refractivity contribution in [1.82, 2.24) is 9.97 Å². The van der Waals surface area contributed by atoms with Crippen LogP contribution >= 0.6 is 0 Å². The number of hydrogen-bond acceptors (Lipinski definition) is 4. The molecule has 1 N–H and O–H groups in total. The zero-order valence-corrected chi connectivity index (χ0v) is 12.2. The molecule has 0 bridgehead atoms. The summed E-state index contributed by atoms with van der Waals surface area (Å²) in [6.07, 6.45) is -3.48. The van der Waals surface area contributed by atoms with Crippen molar-refractivity contribution in [3.8, 4) is 0 Å². The van der Waals surface area contributed by atoms with Crippen LogP contribution in [0, 0.1) is 0 Å². The van der Waals surface area contributed by atoms with Crippen molar-refractivity contribution in [1.29, 1.82) is 0 Å². The molecule has 0 aliphatic carbocycles. The molecule has 0 saturated carbocycles. The number of anilines is 1. The summed E-state index contributed by atoms with van der Waals surface area (Å²) in [5.74, 6) is -0.982. The Morgan fingerprint density at radius 2 is 1.87 bits per heavy atom. The fourth-order valence-corrected chi connectivity index (χ4v) is 2.89. The molecular formula is C16H16F3N3O. The molecule has 0 radical (unpaired) electrons. The average Bonchev–Trinajstić information content (AvgIpc) is 2.55. The Morgan fingerprint density at radius 3 is 2.52 bits per heavy atom. The lowest BCUT2D eigenvalue weighted by Gasteiger charge is -2.37. The third kappa shape index (κ3) is 3.44. The predicted molar refractivity (Wildman–Crippen MR) is 79.1 cm³/mol. The SMILES string of the molecule is O[C@@H]1CN(c2ccnc(C(F)(F)F)n2)CC[C@H]1c1ccccc1. The second-order valence-corrected chi connectivity index (χ2v) is 5.56. The van der Waals surface area contributed by atoms with Crippen molar-refractivity contribution in [2.75, 3.05) is 18.0 Å². The number of aromatic nitrogens is 2. The van der Waals surface area contributed by atoms with Crippen molar-refractivity contribution in [2.45, 2.75) is 24.6 Å². The van der Waals surface area contributed by atoms with Gasteiger partial charge in [0.25, 0.3) is 0 Å². The van der Waals surface area contributed by atoms with Crippen LogP contribution in [0.25, 0.3) is 0 Å². The molecule has 3 rings (SSSR count). The van der Waals surface area contributed by atoms with Crippen LogP contribution in [0.1, 0.15) is 23.7 Å². The maximum atomic E-state index is 12.7. The van der Waals surface area contributed by atoms with E-state index in [-0.39, 0.29) is 18.3 Å². The van der Waals surface area contributed by atoms with Crippen LogP contribution in [0.2, 0.25) is 0 Å². The summed E-state index contributed by atoms with van der Waals surface area (Å²) < 4.78 is 38.1. The molecule has 122 valence electrons. The second-order valence-electron chi connectivity index (χ2n) is 5.56. The number of nitrogens with zero attached hydrogens (tertiary/aromatic N) is 3. The molecular weight excluding hydrogens is 307 g/mol. The third-order valence-electron chi connectivity index (χ3n) is 4.03. The standard InChI is InChI=1S/C16H16F3N3O/c17-16(18,19)15-20-8-6-14(21-15)22-9-7-12(13(23)10-22)11-4-2-1-3-5-11/h1-6,8,12-13,23H,7,9-10H2/t12-,13+/m0/s1. The van der Waals surface area contributed by atoms with E-state index in [0.717, 1.165) is 11.8 Å². The maximum Gasteiger partial charge on any atom is 0.451 e. The predicted octanol–water partition coefficient (Wildman–Crippen LogP) is 2.85. The number of benzene rings is 1. The number of aliphatic hydroxyl groups is 1. The lowest BCUT2D eigenvalue weighted by atomic mass is 9.87. The van der Waals surface area contributed by atoms with Gasteiger partial charge in [-0.05, 0) is 18.1 Å².